The van der Waals surface area contributed by atoms with Gasteiger partial charge in [0.25, 0.3) is 5.69 Å². The maximum absolute atomic E-state index is 13.2. The second-order valence-electron chi connectivity index (χ2n) is 4.46. The second kappa shape index (κ2) is 6.02. The van der Waals surface area contributed by atoms with Crippen LogP contribution in [-0.2, 0) is 6.18 Å². The maximum Gasteiger partial charge on any atom is 0.420 e. The zero-order valence-electron chi connectivity index (χ0n) is 11.6. The molecule has 126 valence electrons. The summed E-state index contributed by atoms with van der Waals surface area (Å²) in [6.07, 6.45) is -5.13. The van der Waals surface area contributed by atoms with Crippen LogP contribution in [0.4, 0.5) is 30.2 Å². The van der Waals surface area contributed by atoms with Gasteiger partial charge in [0.2, 0.25) is 5.75 Å². The average Bonchev–Trinajstić information content (AvgIpc) is 2.46. The summed E-state index contributed by atoms with van der Waals surface area (Å²) in [4.78, 5) is 19.5. The molecule has 0 radical (unpaired) electrons. The third kappa shape index (κ3) is 3.19. The van der Waals surface area contributed by atoms with Gasteiger partial charge in [0.1, 0.15) is 11.3 Å². The molecule has 2 aromatic carbocycles. The second-order valence-corrected chi connectivity index (χ2v) is 4.46. The molecule has 2 N–H and O–H groups in total. The molecule has 0 aliphatic rings. The van der Waals surface area contributed by atoms with E-state index in [1.807, 2.05) is 0 Å². The van der Waals surface area contributed by atoms with E-state index in [1.165, 1.54) is 24.3 Å². The summed E-state index contributed by atoms with van der Waals surface area (Å²) in [6, 6.07) is 7.06. The van der Waals surface area contributed by atoms with Crippen molar-refractivity contribution in [1.29, 1.82) is 0 Å². The van der Waals surface area contributed by atoms with E-state index in [1.54, 1.807) is 6.07 Å². The van der Waals surface area contributed by atoms with Crippen molar-refractivity contribution in [2.24, 2.45) is 0 Å². The molecule has 0 spiro atoms. The highest BCUT2D eigenvalue weighted by Gasteiger charge is 2.43. The predicted octanol–water partition coefficient (Wildman–Crippen LogP) is 3.90. The number of nitro groups is 2. The number of halogens is 3. The first-order valence-electron chi connectivity index (χ1n) is 6.18. The number of hydrogen-bond donors (Lipinski definition) is 1. The van der Waals surface area contributed by atoms with Crippen LogP contribution in [0, 0.1) is 20.2 Å². The fourth-order valence-corrected chi connectivity index (χ4v) is 1.90. The molecule has 2 rings (SSSR count). The van der Waals surface area contributed by atoms with E-state index < -0.39 is 44.4 Å². The molecular weight excluding hydrogens is 335 g/mol. The van der Waals surface area contributed by atoms with E-state index in [2.05, 4.69) is 0 Å². The molecule has 0 amide bonds. The van der Waals surface area contributed by atoms with Crippen molar-refractivity contribution in [3.8, 4) is 11.5 Å². The lowest BCUT2D eigenvalue weighted by atomic mass is 10.1. The molecule has 0 aliphatic heterocycles. The van der Waals surface area contributed by atoms with E-state index in [-0.39, 0.29) is 11.8 Å². The summed E-state index contributed by atoms with van der Waals surface area (Å²) in [6.45, 7) is 0. The Balaban J connectivity index is 2.81. The molecule has 0 saturated heterocycles. The normalized spacial score (nSPS) is 11.1. The minimum absolute atomic E-state index is 0.112. The lowest BCUT2D eigenvalue weighted by Gasteiger charge is -2.15. The number of rotatable bonds is 4. The Morgan fingerprint density at radius 3 is 2.08 bits per heavy atom. The van der Waals surface area contributed by atoms with Gasteiger partial charge >= 0.3 is 11.9 Å². The Labute approximate surface area is 131 Å². The number of benzene rings is 2. The van der Waals surface area contributed by atoms with Gasteiger partial charge in [0.05, 0.1) is 9.85 Å². The van der Waals surface area contributed by atoms with Crippen LogP contribution in [0.2, 0.25) is 0 Å². The Morgan fingerprint density at radius 1 is 1.04 bits per heavy atom. The fourth-order valence-electron chi connectivity index (χ4n) is 1.90. The summed E-state index contributed by atoms with van der Waals surface area (Å²) >= 11 is 0. The lowest BCUT2D eigenvalue weighted by Crippen LogP contribution is -2.12. The fraction of sp³-hybridized carbons (Fsp3) is 0.0769. The highest BCUT2D eigenvalue weighted by Crippen LogP contribution is 2.49. The number of para-hydroxylation sites is 1. The lowest BCUT2D eigenvalue weighted by molar-refractivity contribution is -0.393. The number of nitro benzene ring substituents is 2. The van der Waals surface area contributed by atoms with Crippen LogP contribution in [-0.4, -0.2) is 9.85 Å². The predicted molar refractivity (Wildman–Crippen MR) is 75.7 cm³/mol. The topological polar surface area (TPSA) is 122 Å². The van der Waals surface area contributed by atoms with Gasteiger partial charge in [-0.15, -0.1) is 0 Å². The summed E-state index contributed by atoms with van der Waals surface area (Å²) in [7, 11) is 0. The van der Waals surface area contributed by atoms with E-state index >= 15 is 0 Å². The molecule has 0 atom stereocenters. The van der Waals surface area contributed by atoms with Crippen LogP contribution < -0.4 is 10.5 Å². The van der Waals surface area contributed by atoms with Crippen LogP contribution >= 0.6 is 0 Å². The number of nitrogens with zero attached hydrogens (tertiary/aromatic N) is 2. The van der Waals surface area contributed by atoms with Gasteiger partial charge in [-0.3, -0.25) is 20.2 Å². The zero-order chi connectivity index (χ0) is 18.1. The van der Waals surface area contributed by atoms with Crippen LogP contribution in [0.5, 0.6) is 11.5 Å². The van der Waals surface area contributed by atoms with Gasteiger partial charge in [-0.05, 0) is 12.1 Å². The van der Waals surface area contributed by atoms with Crippen LogP contribution in [0.1, 0.15) is 5.56 Å². The van der Waals surface area contributed by atoms with E-state index in [4.69, 9.17) is 10.5 Å². The number of hydrogen-bond acceptors (Lipinski definition) is 6. The zero-order valence-corrected chi connectivity index (χ0v) is 11.6. The van der Waals surface area contributed by atoms with E-state index in [0.717, 1.165) is 0 Å². The van der Waals surface area contributed by atoms with Crippen LogP contribution in [0.15, 0.2) is 36.4 Å². The van der Waals surface area contributed by atoms with E-state index in [0.29, 0.717) is 0 Å². The first-order valence-corrected chi connectivity index (χ1v) is 6.18. The van der Waals surface area contributed by atoms with Gasteiger partial charge in [-0.1, -0.05) is 18.2 Å². The van der Waals surface area contributed by atoms with Gasteiger partial charge < -0.3 is 10.5 Å². The third-order valence-corrected chi connectivity index (χ3v) is 2.92. The van der Waals surface area contributed by atoms with Gasteiger partial charge in [-0.25, -0.2) is 0 Å². The van der Waals surface area contributed by atoms with E-state index in [9.17, 15) is 33.4 Å². The van der Waals surface area contributed by atoms with Gasteiger partial charge in [0, 0.05) is 6.07 Å². The van der Waals surface area contributed by atoms with Crippen molar-refractivity contribution < 1.29 is 27.8 Å². The molecule has 11 heteroatoms. The smallest absolute Gasteiger partial charge is 0.420 e. The Bertz CT molecular complexity index is 809. The molecule has 24 heavy (non-hydrogen) atoms. The Morgan fingerprint density at radius 2 is 1.62 bits per heavy atom. The quantitative estimate of drug-likeness (QED) is 0.510. The molecule has 0 aromatic heterocycles. The van der Waals surface area contributed by atoms with Gasteiger partial charge in [-0.2, -0.15) is 13.2 Å². The maximum atomic E-state index is 13.2. The monoisotopic (exact) mass is 343 g/mol. The number of nitrogens with two attached hydrogens (primary N) is 1. The van der Waals surface area contributed by atoms with Crippen molar-refractivity contribution in [2.45, 2.75) is 6.18 Å². The highest BCUT2D eigenvalue weighted by atomic mass is 19.4. The molecule has 0 bridgehead atoms. The standard InChI is InChI=1S/C13H8F3N3O5/c14-13(15,16)8-6-9(18(20)21)10(17)11(19(22)23)12(8)24-7-4-2-1-3-5-7/h1-6H,17H2. The molecule has 0 aliphatic carbocycles. The molecule has 0 heterocycles. The minimum Gasteiger partial charge on any atom is -0.449 e. The molecule has 0 fully saturated rings. The number of ether oxygens (including phenoxy) is 1. The average molecular weight is 343 g/mol. The summed E-state index contributed by atoms with van der Waals surface area (Å²) in [5, 5.41) is 22.0. The molecular formula is C13H8F3N3O5. The van der Waals surface area contributed by atoms with Crippen molar-refractivity contribution in [3.05, 3.63) is 62.2 Å². The first kappa shape index (κ1) is 17.0. The molecule has 2 aromatic rings. The Kier molecular flexibility index (Phi) is 4.26. The highest BCUT2D eigenvalue weighted by molar-refractivity contribution is 5.79. The summed E-state index contributed by atoms with van der Waals surface area (Å²) in [5.41, 5.74) is 0.0829. The molecule has 8 nitrogen and oxygen atoms in total. The summed E-state index contributed by atoms with van der Waals surface area (Å²) in [5.74, 6) is -1.33. The number of anilines is 1. The van der Waals surface area contributed by atoms with Crippen molar-refractivity contribution in [3.63, 3.8) is 0 Å². The van der Waals surface area contributed by atoms with Crippen molar-refractivity contribution in [1.82, 2.24) is 0 Å². The van der Waals surface area contributed by atoms with Crippen LogP contribution in [0.25, 0.3) is 0 Å². The Hall–Kier alpha value is -3.37. The first-order chi connectivity index (χ1) is 11.1. The summed E-state index contributed by atoms with van der Waals surface area (Å²) < 4.78 is 44.6. The minimum atomic E-state index is -5.13. The SMILES string of the molecule is Nc1c([N+](=O)[O-])cc(C(F)(F)F)c(Oc2ccccc2)c1[N+](=O)[O-]. The third-order valence-electron chi connectivity index (χ3n) is 2.92. The number of nitrogen functional groups attached to an aromatic ring is 1. The molecule has 0 saturated carbocycles. The van der Waals surface area contributed by atoms with Crippen molar-refractivity contribution in [2.75, 3.05) is 5.73 Å². The van der Waals surface area contributed by atoms with Gasteiger partial charge in [0.15, 0.2) is 5.69 Å². The molecule has 0 unspecified atom stereocenters. The van der Waals surface area contributed by atoms with Crippen LogP contribution in [0.3, 0.4) is 0 Å². The number of alkyl halides is 3. The van der Waals surface area contributed by atoms with Crippen molar-refractivity contribution >= 4 is 17.1 Å². The largest absolute Gasteiger partial charge is 0.449 e.